The van der Waals surface area contributed by atoms with Crippen LogP contribution in [0.4, 0.5) is 0 Å². The lowest BCUT2D eigenvalue weighted by Crippen LogP contribution is -2.23. The first-order chi connectivity index (χ1) is 9.15. The molecule has 0 fully saturated rings. The number of nitrogens with zero attached hydrogens (tertiary/aromatic N) is 1. The van der Waals surface area contributed by atoms with Crippen molar-refractivity contribution in [1.82, 2.24) is 10.3 Å². The summed E-state index contributed by atoms with van der Waals surface area (Å²) in [5.41, 5.74) is 3.16. The summed E-state index contributed by atoms with van der Waals surface area (Å²) in [5, 5.41) is 7.05. The van der Waals surface area contributed by atoms with Crippen molar-refractivity contribution >= 4 is 17.2 Å². The number of aromatic nitrogens is 1. The van der Waals surface area contributed by atoms with E-state index in [1.165, 1.54) is 0 Å². The zero-order valence-corrected chi connectivity index (χ0v) is 12.0. The third-order valence-electron chi connectivity index (χ3n) is 2.72. The lowest BCUT2D eigenvalue weighted by molar-refractivity contribution is -0.121. The molecule has 0 aliphatic rings. The Bertz CT molecular complexity index is 535. The lowest BCUT2D eigenvalue weighted by Gasteiger charge is -2.08. The van der Waals surface area contributed by atoms with Gasteiger partial charge in [-0.1, -0.05) is 13.8 Å². The van der Waals surface area contributed by atoms with E-state index in [1.807, 2.05) is 37.4 Å². The minimum absolute atomic E-state index is 0.101. The number of nitrogens with one attached hydrogen (secondary N) is 1. The van der Waals surface area contributed by atoms with Gasteiger partial charge in [-0.25, -0.2) is 0 Å². The molecule has 100 valence electrons. The highest BCUT2D eigenvalue weighted by molar-refractivity contribution is 7.08. The molecule has 4 heteroatoms. The van der Waals surface area contributed by atoms with Crippen molar-refractivity contribution in [2.24, 2.45) is 5.92 Å². The fourth-order valence-electron chi connectivity index (χ4n) is 1.80. The van der Waals surface area contributed by atoms with Crippen LogP contribution in [0.25, 0.3) is 11.3 Å². The van der Waals surface area contributed by atoms with Crippen molar-refractivity contribution in [2.75, 3.05) is 0 Å². The Kier molecular flexibility index (Phi) is 4.68. The van der Waals surface area contributed by atoms with Gasteiger partial charge >= 0.3 is 0 Å². The molecule has 0 saturated heterocycles. The van der Waals surface area contributed by atoms with E-state index < -0.39 is 0 Å². The summed E-state index contributed by atoms with van der Waals surface area (Å²) in [6.45, 7) is 4.65. The largest absolute Gasteiger partial charge is 0.352 e. The van der Waals surface area contributed by atoms with E-state index in [-0.39, 0.29) is 5.91 Å². The van der Waals surface area contributed by atoms with Crippen molar-refractivity contribution < 1.29 is 4.79 Å². The standard InChI is InChI=1S/C15H18N2OS/c1-11(2)7-15(18)17-9-12-3-5-16-14(8-12)13-4-6-19-10-13/h3-6,8,10-11H,7,9H2,1-2H3,(H,17,18). The topological polar surface area (TPSA) is 42.0 Å². The van der Waals surface area contributed by atoms with Gasteiger partial charge in [-0.3, -0.25) is 9.78 Å². The Labute approximate surface area is 117 Å². The van der Waals surface area contributed by atoms with E-state index in [0.717, 1.165) is 16.8 Å². The van der Waals surface area contributed by atoms with E-state index in [0.29, 0.717) is 18.9 Å². The Morgan fingerprint density at radius 3 is 2.95 bits per heavy atom. The van der Waals surface area contributed by atoms with Gasteiger partial charge in [0.1, 0.15) is 0 Å². The summed E-state index contributed by atoms with van der Waals surface area (Å²) < 4.78 is 0. The number of pyridine rings is 1. The van der Waals surface area contributed by atoms with Crippen molar-refractivity contribution in [3.8, 4) is 11.3 Å². The molecule has 2 heterocycles. The van der Waals surface area contributed by atoms with Crippen LogP contribution in [-0.2, 0) is 11.3 Å². The first-order valence-corrected chi connectivity index (χ1v) is 7.33. The molecule has 2 aromatic rings. The Morgan fingerprint density at radius 2 is 2.26 bits per heavy atom. The smallest absolute Gasteiger partial charge is 0.220 e. The van der Waals surface area contributed by atoms with Crippen LogP contribution < -0.4 is 5.32 Å². The molecule has 0 radical (unpaired) electrons. The second-order valence-electron chi connectivity index (χ2n) is 4.94. The molecule has 0 unspecified atom stereocenters. The van der Waals surface area contributed by atoms with E-state index >= 15 is 0 Å². The molecule has 0 aliphatic carbocycles. The minimum Gasteiger partial charge on any atom is -0.352 e. The molecule has 2 rings (SSSR count). The van der Waals surface area contributed by atoms with Crippen LogP contribution in [0, 0.1) is 5.92 Å². The van der Waals surface area contributed by atoms with Gasteiger partial charge in [-0.15, -0.1) is 0 Å². The predicted molar refractivity (Wildman–Crippen MR) is 78.9 cm³/mol. The second kappa shape index (κ2) is 6.48. The fraction of sp³-hybridized carbons (Fsp3) is 0.333. The third kappa shape index (κ3) is 4.17. The number of carbonyl (C=O) groups is 1. The van der Waals surface area contributed by atoms with Gasteiger partial charge in [0.15, 0.2) is 0 Å². The summed E-state index contributed by atoms with van der Waals surface area (Å²) in [4.78, 5) is 16.0. The summed E-state index contributed by atoms with van der Waals surface area (Å²) in [7, 11) is 0. The van der Waals surface area contributed by atoms with Gasteiger partial charge in [0.2, 0.25) is 5.91 Å². The van der Waals surface area contributed by atoms with Crippen LogP contribution in [0.15, 0.2) is 35.2 Å². The lowest BCUT2D eigenvalue weighted by atomic mass is 10.1. The van der Waals surface area contributed by atoms with Crippen molar-refractivity contribution in [2.45, 2.75) is 26.8 Å². The molecule has 0 saturated carbocycles. The molecule has 0 spiro atoms. The Hall–Kier alpha value is -1.68. The zero-order chi connectivity index (χ0) is 13.7. The van der Waals surface area contributed by atoms with E-state index in [9.17, 15) is 4.79 Å². The molecular formula is C15H18N2OS. The van der Waals surface area contributed by atoms with Crippen LogP contribution in [0.5, 0.6) is 0 Å². The minimum atomic E-state index is 0.101. The highest BCUT2D eigenvalue weighted by atomic mass is 32.1. The van der Waals surface area contributed by atoms with Crippen LogP contribution in [0.3, 0.4) is 0 Å². The van der Waals surface area contributed by atoms with Crippen LogP contribution >= 0.6 is 11.3 Å². The third-order valence-corrected chi connectivity index (χ3v) is 3.41. The number of thiophene rings is 1. The van der Waals surface area contributed by atoms with Gasteiger partial charge < -0.3 is 5.32 Å². The normalized spacial score (nSPS) is 10.7. The van der Waals surface area contributed by atoms with Gasteiger partial charge in [-0.05, 0) is 35.1 Å². The van der Waals surface area contributed by atoms with Gasteiger partial charge in [-0.2, -0.15) is 11.3 Å². The maximum atomic E-state index is 11.6. The molecule has 1 N–H and O–H groups in total. The van der Waals surface area contributed by atoms with Crippen LogP contribution in [0.1, 0.15) is 25.8 Å². The van der Waals surface area contributed by atoms with Crippen LogP contribution in [-0.4, -0.2) is 10.9 Å². The number of amides is 1. The highest BCUT2D eigenvalue weighted by Gasteiger charge is 2.05. The maximum absolute atomic E-state index is 11.6. The van der Waals surface area contributed by atoms with E-state index in [2.05, 4.69) is 15.7 Å². The molecule has 19 heavy (non-hydrogen) atoms. The predicted octanol–water partition coefficient (Wildman–Crippen LogP) is 3.47. The monoisotopic (exact) mass is 274 g/mol. The SMILES string of the molecule is CC(C)CC(=O)NCc1ccnc(-c2ccsc2)c1. The van der Waals surface area contributed by atoms with Crippen LogP contribution in [0.2, 0.25) is 0 Å². The first kappa shape index (κ1) is 13.7. The molecule has 2 aromatic heterocycles. The number of hydrogen-bond acceptors (Lipinski definition) is 3. The summed E-state index contributed by atoms with van der Waals surface area (Å²) in [6.07, 6.45) is 2.36. The summed E-state index contributed by atoms with van der Waals surface area (Å²) in [5.74, 6) is 0.489. The summed E-state index contributed by atoms with van der Waals surface area (Å²) >= 11 is 1.66. The molecule has 0 bridgehead atoms. The second-order valence-corrected chi connectivity index (χ2v) is 5.72. The fourth-order valence-corrected chi connectivity index (χ4v) is 2.45. The zero-order valence-electron chi connectivity index (χ0n) is 11.2. The quantitative estimate of drug-likeness (QED) is 0.907. The Balaban J connectivity index is 1.98. The molecule has 0 atom stereocenters. The van der Waals surface area contributed by atoms with Gasteiger partial charge in [0, 0.05) is 30.1 Å². The molecule has 1 amide bonds. The van der Waals surface area contributed by atoms with Gasteiger partial charge in [0.25, 0.3) is 0 Å². The van der Waals surface area contributed by atoms with Crippen molar-refractivity contribution in [1.29, 1.82) is 0 Å². The summed E-state index contributed by atoms with van der Waals surface area (Å²) in [6, 6.07) is 6.01. The average Bonchev–Trinajstić information content (AvgIpc) is 2.90. The number of carbonyl (C=O) groups excluding carboxylic acids is 1. The maximum Gasteiger partial charge on any atom is 0.220 e. The number of hydrogen-bond donors (Lipinski definition) is 1. The van der Waals surface area contributed by atoms with E-state index in [4.69, 9.17) is 0 Å². The molecule has 3 nitrogen and oxygen atoms in total. The van der Waals surface area contributed by atoms with Gasteiger partial charge in [0.05, 0.1) is 5.69 Å². The molecular weight excluding hydrogens is 256 g/mol. The number of rotatable bonds is 5. The molecule has 0 aliphatic heterocycles. The van der Waals surface area contributed by atoms with Crippen molar-refractivity contribution in [3.63, 3.8) is 0 Å². The Morgan fingerprint density at radius 1 is 1.42 bits per heavy atom. The highest BCUT2D eigenvalue weighted by Crippen LogP contribution is 2.20. The average molecular weight is 274 g/mol. The van der Waals surface area contributed by atoms with Crippen molar-refractivity contribution in [3.05, 3.63) is 40.7 Å². The molecule has 0 aromatic carbocycles. The first-order valence-electron chi connectivity index (χ1n) is 6.39. The van der Waals surface area contributed by atoms with E-state index in [1.54, 1.807) is 17.5 Å².